The van der Waals surface area contributed by atoms with Gasteiger partial charge in [0.25, 0.3) is 0 Å². The van der Waals surface area contributed by atoms with Crippen molar-refractivity contribution in [2.45, 2.75) is 19.6 Å². The topological polar surface area (TPSA) is 90.0 Å². The Labute approximate surface area is 135 Å². The summed E-state index contributed by atoms with van der Waals surface area (Å²) >= 11 is 0. The number of hydrogen-bond acceptors (Lipinski definition) is 4. The molecule has 9 heteroatoms. The Kier molecular flexibility index (Phi) is 5.03. The van der Waals surface area contributed by atoms with Crippen LogP contribution < -0.4 is 11.1 Å². The van der Waals surface area contributed by atoms with E-state index in [1.54, 1.807) is 12.1 Å². The molecule has 0 unspecified atom stereocenters. The number of amides is 1. The minimum absolute atomic E-state index is 0.159. The number of ketones is 1. The maximum absolute atomic E-state index is 12.8. The Morgan fingerprint density at radius 3 is 2.58 bits per heavy atom. The van der Waals surface area contributed by atoms with E-state index >= 15 is 0 Å². The summed E-state index contributed by atoms with van der Waals surface area (Å²) in [5.74, 6) is -0.900. The quantitative estimate of drug-likeness (QED) is 0.810. The molecule has 6 nitrogen and oxygen atoms in total. The summed E-state index contributed by atoms with van der Waals surface area (Å²) in [5, 5.41) is 6.04. The van der Waals surface area contributed by atoms with Crippen LogP contribution in [0.25, 0.3) is 5.69 Å². The smallest absolute Gasteiger partial charge is 0.351 e. The number of Topliss-reactive ketones (excluding diaryl/α,β-unsaturated/α-hetero) is 1. The molecule has 3 N–H and O–H groups in total. The summed E-state index contributed by atoms with van der Waals surface area (Å²) in [6.07, 6.45) is -4.65. The van der Waals surface area contributed by atoms with Crippen molar-refractivity contribution in [3.8, 4) is 5.69 Å². The molecular formula is C15H15F3N4O2. The largest absolute Gasteiger partial charge is 0.435 e. The fourth-order valence-electron chi connectivity index (χ4n) is 2.04. The molecule has 1 heterocycles. The van der Waals surface area contributed by atoms with Crippen LogP contribution in [0.3, 0.4) is 0 Å². The van der Waals surface area contributed by atoms with Crippen LogP contribution in [0.15, 0.2) is 30.3 Å². The summed E-state index contributed by atoms with van der Waals surface area (Å²) in [6, 6.07) is 7.05. The van der Waals surface area contributed by atoms with E-state index in [9.17, 15) is 22.8 Å². The summed E-state index contributed by atoms with van der Waals surface area (Å²) in [5.41, 5.74) is 4.78. The van der Waals surface area contributed by atoms with Crippen LogP contribution in [0.4, 0.5) is 13.2 Å². The highest BCUT2D eigenvalue weighted by Gasteiger charge is 2.35. The predicted octanol–water partition coefficient (Wildman–Crippen LogP) is 1.67. The average molecular weight is 340 g/mol. The highest BCUT2D eigenvalue weighted by Crippen LogP contribution is 2.29. The molecular weight excluding hydrogens is 325 g/mol. The zero-order valence-electron chi connectivity index (χ0n) is 12.7. The molecule has 0 radical (unpaired) electrons. The van der Waals surface area contributed by atoms with Gasteiger partial charge in [-0.25, -0.2) is 4.68 Å². The molecule has 0 spiro atoms. The zero-order chi connectivity index (χ0) is 17.9. The van der Waals surface area contributed by atoms with E-state index in [0.717, 1.165) is 4.68 Å². The number of benzene rings is 1. The number of hydrogen-bond donors (Lipinski definition) is 2. The van der Waals surface area contributed by atoms with E-state index in [0.29, 0.717) is 11.6 Å². The van der Waals surface area contributed by atoms with Crippen molar-refractivity contribution < 1.29 is 22.8 Å². The van der Waals surface area contributed by atoms with Gasteiger partial charge in [-0.2, -0.15) is 18.3 Å². The lowest BCUT2D eigenvalue weighted by Crippen LogP contribution is -2.29. The van der Waals surface area contributed by atoms with Gasteiger partial charge < -0.3 is 11.1 Å². The second-order valence-electron chi connectivity index (χ2n) is 5.03. The monoisotopic (exact) mass is 340 g/mol. The van der Waals surface area contributed by atoms with Crippen molar-refractivity contribution in [3.63, 3.8) is 0 Å². The maximum atomic E-state index is 12.8. The van der Waals surface area contributed by atoms with Crippen molar-refractivity contribution in [2.75, 3.05) is 6.54 Å². The maximum Gasteiger partial charge on any atom is 0.435 e. The molecule has 0 atom stereocenters. The fraction of sp³-hybridized carbons (Fsp3) is 0.267. The normalized spacial score (nSPS) is 11.4. The first kappa shape index (κ1) is 17.7. The van der Waals surface area contributed by atoms with Gasteiger partial charge in [-0.3, -0.25) is 9.59 Å². The minimum Gasteiger partial charge on any atom is -0.351 e. The van der Waals surface area contributed by atoms with Crippen LogP contribution in [0.1, 0.15) is 28.7 Å². The standard InChI is InChI=1S/C15H15F3N4O2/c1-9(23)12-6-13(15(16,17)18)21-22(12)11-4-2-3-10(5-11)8-20-14(24)7-19/h2-6H,7-8,19H2,1H3,(H,20,24). The SMILES string of the molecule is CC(=O)c1cc(C(F)(F)F)nn1-c1cccc(CNC(=O)CN)c1. The number of rotatable bonds is 5. The molecule has 0 saturated carbocycles. The average Bonchev–Trinajstić information content (AvgIpc) is 2.98. The van der Waals surface area contributed by atoms with Gasteiger partial charge in [0.05, 0.1) is 12.2 Å². The van der Waals surface area contributed by atoms with Gasteiger partial charge in [-0.1, -0.05) is 12.1 Å². The van der Waals surface area contributed by atoms with Crippen molar-refractivity contribution in [1.29, 1.82) is 0 Å². The molecule has 1 amide bonds. The molecule has 1 aromatic heterocycles. The molecule has 0 aliphatic heterocycles. The van der Waals surface area contributed by atoms with Crippen LogP contribution in [0.2, 0.25) is 0 Å². The van der Waals surface area contributed by atoms with Crippen molar-refractivity contribution in [1.82, 2.24) is 15.1 Å². The van der Waals surface area contributed by atoms with Crippen LogP contribution in [0, 0.1) is 0 Å². The lowest BCUT2D eigenvalue weighted by Gasteiger charge is -2.09. The van der Waals surface area contributed by atoms with Gasteiger partial charge >= 0.3 is 6.18 Å². The van der Waals surface area contributed by atoms with Crippen LogP contribution in [0.5, 0.6) is 0 Å². The highest BCUT2D eigenvalue weighted by molar-refractivity contribution is 5.93. The van der Waals surface area contributed by atoms with E-state index in [1.165, 1.54) is 19.1 Å². The number of alkyl halides is 3. The number of nitrogens with one attached hydrogen (secondary N) is 1. The van der Waals surface area contributed by atoms with Gasteiger partial charge in [0.2, 0.25) is 5.91 Å². The first-order chi connectivity index (χ1) is 11.2. The van der Waals surface area contributed by atoms with Crippen molar-refractivity contribution >= 4 is 11.7 Å². The lowest BCUT2D eigenvalue weighted by atomic mass is 10.2. The minimum atomic E-state index is -4.65. The van der Waals surface area contributed by atoms with E-state index in [4.69, 9.17) is 5.73 Å². The highest BCUT2D eigenvalue weighted by atomic mass is 19.4. The Morgan fingerprint density at radius 1 is 1.29 bits per heavy atom. The molecule has 24 heavy (non-hydrogen) atoms. The third kappa shape index (κ3) is 3.99. The summed E-state index contributed by atoms with van der Waals surface area (Å²) in [6.45, 7) is 1.16. The molecule has 1 aromatic carbocycles. The number of halogens is 3. The summed E-state index contributed by atoms with van der Waals surface area (Å²) in [7, 11) is 0. The van der Waals surface area contributed by atoms with E-state index < -0.39 is 17.7 Å². The first-order valence-electron chi connectivity index (χ1n) is 6.96. The third-order valence-corrected chi connectivity index (χ3v) is 3.19. The van der Waals surface area contributed by atoms with Crippen molar-refractivity contribution in [3.05, 3.63) is 47.3 Å². The third-order valence-electron chi connectivity index (χ3n) is 3.19. The van der Waals surface area contributed by atoms with E-state index in [2.05, 4.69) is 10.4 Å². The summed E-state index contributed by atoms with van der Waals surface area (Å²) in [4.78, 5) is 22.8. The number of nitrogens with zero attached hydrogens (tertiary/aromatic N) is 2. The number of carbonyl (C=O) groups excluding carboxylic acids is 2. The second kappa shape index (κ2) is 6.83. The molecule has 2 aromatic rings. The number of aromatic nitrogens is 2. The first-order valence-corrected chi connectivity index (χ1v) is 6.96. The van der Waals surface area contributed by atoms with E-state index in [-0.39, 0.29) is 30.4 Å². The number of carbonyl (C=O) groups is 2. The van der Waals surface area contributed by atoms with Gasteiger partial charge in [0, 0.05) is 19.5 Å². The fourth-order valence-corrected chi connectivity index (χ4v) is 2.04. The molecule has 0 aliphatic carbocycles. The summed E-state index contributed by atoms with van der Waals surface area (Å²) < 4.78 is 39.5. The molecule has 2 rings (SSSR count). The Morgan fingerprint density at radius 2 is 2.00 bits per heavy atom. The van der Waals surface area contributed by atoms with Gasteiger partial charge in [0.15, 0.2) is 11.5 Å². The molecule has 128 valence electrons. The zero-order valence-corrected chi connectivity index (χ0v) is 12.7. The Bertz CT molecular complexity index is 768. The number of nitrogens with two attached hydrogens (primary N) is 1. The van der Waals surface area contributed by atoms with Gasteiger partial charge in [-0.05, 0) is 17.7 Å². The molecule has 0 bridgehead atoms. The lowest BCUT2D eigenvalue weighted by molar-refractivity contribution is -0.141. The van der Waals surface area contributed by atoms with Crippen LogP contribution >= 0.6 is 0 Å². The second-order valence-corrected chi connectivity index (χ2v) is 5.03. The van der Waals surface area contributed by atoms with Crippen LogP contribution in [-0.2, 0) is 17.5 Å². The van der Waals surface area contributed by atoms with Crippen LogP contribution in [-0.4, -0.2) is 28.0 Å². The molecule has 0 aliphatic rings. The Balaban J connectivity index is 2.39. The Hall–Kier alpha value is -2.68. The molecule has 0 saturated heterocycles. The molecule has 0 fully saturated rings. The van der Waals surface area contributed by atoms with Gasteiger partial charge in [-0.15, -0.1) is 0 Å². The van der Waals surface area contributed by atoms with Gasteiger partial charge in [0.1, 0.15) is 5.69 Å². The predicted molar refractivity (Wildman–Crippen MR) is 79.5 cm³/mol. The van der Waals surface area contributed by atoms with E-state index in [1.807, 2.05) is 0 Å². The van der Waals surface area contributed by atoms with Crippen molar-refractivity contribution in [2.24, 2.45) is 5.73 Å².